The number of carbonyl (C=O) groups is 1. The lowest BCUT2D eigenvalue weighted by atomic mass is 10.2. The lowest BCUT2D eigenvalue weighted by Crippen LogP contribution is -2.30. The zero-order chi connectivity index (χ0) is 22.2. The molecule has 1 amide bonds. The number of para-hydroxylation sites is 2. The van der Waals surface area contributed by atoms with Gasteiger partial charge in [-0.2, -0.15) is 0 Å². The lowest BCUT2D eigenvalue weighted by Gasteiger charge is -2.12. The summed E-state index contributed by atoms with van der Waals surface area (Å²) in [5.74, 6) is 1.15. The van der Waals surface area contributed by atoms with Gasteiger partial charge in [-0.3, -0.25) is 14.2 Å². The third-order valence-corrected chi connectivity index (χ3v) is 5.49. The number of halogens is 1. The van der Waals surface area contributed by atoms with E-state index in [4.69, 9.17) is 21.1 Å². The van der Waals surface area contributed by atoms with Crippen molar-refractivity contribution >= 4 is 40.2 Å². The van der Waals surface area contributed by atoms with E-state index < -0.39 is 0 Å². The Bertz CT molecular complexity index is 1150. The predicted octanol–water partition coefficient (Wildman–Crippen LogP) is 3.53. The molecule has 0 bridgehead atoms. The number of thioether (sulfide) groups is 1. The van der Waals surface area contributed by atoms with Gasteiger partial charge in [0.1, 0.15) is 6.61 Å². The predicted molar refractivity (Wildman–Crippen MR) is 123 cm³/mol. The highest BCUT2D eigenvalue weighted by Crippen LogP contribution is 2.25. The van der Waals surface area contributed by atoms with Crippen molar-refractivity contribution in [1.82, 2.24) is 14.9 Å². The van der Waals surface area contributed by atoms with Crippen molar-refractivity contribution in [3.05, 3.63) is 70.5 Å². The molecule has 9 heteroatoms. The first-order valence-corrected chi connectivity index (χ1v) is 10.9. The molecular formula is C22H22ClN3O4S. The summed E-state index contributed by atoms with van der Waals surface area (Å²) in [6.45, 7) is 4.61. The van der Waals surface area contributed by atoms with Crippen LogP contribution in [0.3, 0.4) is 0 Å². The summed E-state index contributed by atoms with van der Waals surface area (Å²) in [6.07, 6.45) is 1.62. The molecule has 3 rings (SSSR count). The van der Waals surface area contributed by atoms with Gasteiger partial charge in [0, 0.05) is 11.6 Å². The molecule has 1 heterocycles. The molecule has 1 N–H and O–H groups in total. The quantitative estimate of drug-likeness (QED) is 0.216. The SMILES string of the molecule is C=CCn1c(SCC(=O)NCCOc2ccccc2OC)nc2cc(Cl)ccc2c1=O. The van der Waals surface area contributed by atoms with E-state index in [0.717, 1.165) is 0 Å². The molecule has 0 aliphatic carbocycles. The molecule has 0 saturated heterocycles. The second-order valence-electron chi connectivity index (χ2n) is 6.40. The van der Waals surface area contributed by atoms with Crippen molar-refractivity contribution in [3.8, 4) is 11.5 Å². The Hall–Kier alpha value is -2.97. The fourth-order valence-corrected chi connectivity index (χ4v) is 3.85. The van der Waals surface area contributed by atoms with Crippen LogP contribution in [0.4, 0.5) is 0 Å². The monoisotopic (exact) mass is 459 g/mol. The highest BCUT2D eigenvalue weighted by atomic mass is 35.5. The van der Waals surface area contributed by atoms with Gasteiger partial charge in [-0.1, -0.05) is 41.6 Å². The number of allylic oxidation sites excluding steroid dienone is 1. The lowest BCUT2D eigenvalue weighted by molar-refractivity contribution is -0.118. The highest BCUT2D eigenvalue weighted by molar-refractivity contribution is 7.99. The molecule has 1 aromatic heterocycles. The molecule has 0 fully saturated rings. The number of ether oxygens (including phenoxy) is 2. The van der Waals surface area contributed by atoms with Gasteiger partial charge in [-0.15, -0.1) is 6.58 Å². The number of nitrogens with zero attached hydrogens (tertiary/aromatic N) is 2. The Morgan fingerprint density at radius 3 is 2.81 bits per heavy atom. The number of amides is 1. The van der Waals surface area contributed by atoms with E-state index in [9.17, 15) is 9.59 Å². The van der Waals surface area contributed by atoms with Crippen molar-refractivity contribution in [1.29, 1.82) is 0 Å². The van der Waals surface area contributed by atoms with Crippen LogP contribution in [-0.4, -0.2) is 41.5 Å². The number of carbonyl (C=O) groups excluding carboxylic acids is 1. The zero-order valence-electron chi connectivity index (χ0n) is 17.0. The summed E-state index contributed by atoms with van der Waals surface area (Å²) >= 11 is 7.21. The number of hydrogen-bond donors (Lipinski definition) is 1. The Kier molecular flexibility index (Phi) is 7.97. The minimum absolute atomic E-state index is 0.102. The number of fused-ring (bicyclic) bond motifs is 1. The van der Waals surface area contributed by atoms with Gasteiger partial charge in [0.15, 0.2) is 16.7 Å². The van der Waals surface area contributed by atoms with Crippen LogP contribution in [0.2, 0.25) is 5.02 Å². The summed E-state index contributed by atoms with van der Waals surface area (Å²) < 4.78 is 12.4. The van der Waals surface area contributed by atoms with Gasteiger partial charge >= 0.3 is 0 Å². The van der Waals surface area contributed by atoms with Gasteiger partial charge in [0.2, 0.25) is 5.91 Å². The zero-order valence-corrected chi connectivity index (χ0v) is 18.5. The second-order valence-corrected chi connectivity index (χ2v) is 7.78. The van der Waals surface area contributed by atoms with Crippen molar-refractivity contribution in [2.75, 3.05) is 26.0 Å². The van der Waals surface area contributed by atoms with E-state index in [1.54, 1.807) is 43.5 Å². The Labute approximate surface area is 189 Å². The van der Waals surface area contributed by atoms with Crippen LogP contribution in [0, 0.1) is 0 Å². The third kappa shape index (κ3) is 5.80. The summed E-state index contributed by atoms with van der Waals surface area (Å²) in [4.78, 5) is 29.6. The van der Waals surface area contributed by atoms with Gasteiger partial charge in [0.05, 0.1) is 30.3 Å². The molecule has 0 radical (unpaired) electrons. The Morgan fingerprint density at radius 2 is 2.06 bits per heavy atom. The largest absolute Gasteiger partial charge is 0.493 e. The fourth-order valence-electron chi connectivity index (χ4n) is 2.84. The molecule has 0 aliphatic rings. The topological polar surface area (TPSA) is 82.5 Å². The number of benzene rings is 2. The van der Waals surface area contributed by atoms with E-state index in [-0.39, 0.29) is 17.2 Å². The molecule has 162 valence electrons. The average Bonchev–Trinajstić information content (AvgIpc) is 2.77. The van der Waals surface area contributed by atoms with Crippen molar-refractivity contribution in [2.45, 2.75) is 11.7 Å². The van der Waals surface area contributed by atoms with Gasteiger partial charge in [-0.25, -0.2) is 4.98 Å². The number of methoxy groups -OCH3 is 1. The highest BCUT2D eigenvalue weighted by Gasteiger charge is 2.13. The minimum Gasteiger partial charge on any atom is -0.493 e. The van der Waals surface area contributed by atoms with E-state index >= 15 is 0 Å². The Morgan fingerprint density at radius 1 is 1.29 bits per heavy atom. The van der Waals surface area contributed by atoms with E-state index in [1.807, 2.05) is 12.1 Å². The molecule has 0 saturated carbocycles. The summed E-state index contributed by atoms with van der Waals surface area (Å²) in [5, 5.41) is 4.18. The number of hydrogen-bond acceptors (Lipinski definition) is 6. The standard InChI is InChI=1S/C22H22ClN3O4S/c1-3-11-26-21(28)16-9-8-15(23)13-17(16)25-22(26)31-14-20(27)24-10-12-30-19-7-5-4-6-18(19)29-2/h3-9,13H,1,10-12,14H2,2H3,(H,24,27). The molecule has 0 unspecified atom stereocenters. The molecule has 7 nitrogen and oxygen atoms in total. The van der Waals surface area contributed by atoms with Crippen molar-refractivity contribution in [3.63, 3.8) is 0 Å². The molecule has 0 aliphatic heterocycles. The van der Waals surface area contributed by atoms with Crippen LogP contribution in [0.5, 0.6) is 11.5 Å². The number of rotatable bonds is 10. The van der Waals surface area contributed by atoms with Gasteiger partial charge in [-0.05, 0) is 30.3 Å². The van der Waals surface area contributed by atoms with Crippen LogP contribution in [0.1, 0.15) is 0 Å². The van der Waals surface area contributed by atoms with Crippen molar-refractivity contribution in [2.24, 2.45) is 0 Å². The first-order chi connectivity index (χ1) is 15.0. The maximum Gasteiger partial charge on any atom is 0.262 e. The molecule has 31 heavy (non-hydrogen) atoms. The minimum atomic E-state index is -0.199. The third-order valence-electron chi connectivity index (χ3n) is 4.28. The fraction of sp³-hybridized carbons (Fsp3) is 0.227. The van der Waals surface area contributed by atoms with Gasteiger partial charge in [0.25, 0.3) is 5.56 Å². The second kappa shape index (κ2) is 10.9. The first-order valence-electron chi connectivity index (χ1n) is 9.49. The van der Waals surface area contributed by atoms with Crippen LogP contribution in [-0.2, 0) is 11.3 Å². The van der Waals surface area contributed by atoms with Gasteiger partial charge < -0.3 is 14.8 Å². The van der Waals surface area contributed by atoms with E-state index in [1.165, 1.54) is 16.3 Å². The average molecular weight is 460 g/mol. The van der Waals surface area contributed by atoms with E-state index in [0.29, 0.717) is 52.3 Å². The molecule has 0 spiro atoms. The summed E-state index contributed by atoms with van der Waals surface area (Å²) in [7, 11) is 1.57. The van der Waals surface area contributed by atoms with Crippen LogP contribution in [0.15, 0.2) is 65.1 Å². The van der Waals surface area contributed by atoms with Crippen LogP contribution < -0.4 is 20.3 Å². The van der Waals surface area contributed by atoms with E-state index in [2.05, 4.69) is 16.9 Å². The van der Waals surface area contributed by atoms with Crippen LogP contribution >= 0.6 is 23.4 Å². The number of aromatic nitrogens is 2. The summed E-state index contributed by atoms with van der Waals surface area (Å²) in [5.41, 5.74) is 0.292. The molecule has 2 aromatic carbocycles. The molecule has 0 atom stereocenters. The summed E-state index contributed by atoms with van der Waals surface area (Å²) in [6, 6.07) is 12.2. The smallest absolute Gasteiger partial charge is 0.262 e. The normalized spacial score (nSPS) is 10.6. The molecule has 3 aromatic rings. The molecular weight excluding hydrogens is 438 g/mol. The number of nitrogens with one attached hydrogen (secondary N) is 1. The Balaban J connectivity index is 1.59. The first kappa shape index (κ1) is 22.7. The maximum atomic E-state index is 12.8. The maximum absolute atomic E-state index is 12.8. The van der Waals surface area contributed by atoms with Crippen LogP contribution in [0.25, 0.3) is 10.9 Å². The van der Waals surface area contributed by atoms with Crippen molar-refractivity contribution < 1.29 is 14.3 Å².